The van der Waals surface area contributed by atoms with Gasteiger partial charge in [-0.1, -0.05) is 67.2 Å². The predicted octanol–water partition coefficient (Wildman–Crippen LogP) is 8.39. The number of carbonyl (C=O) groups excluding carboxylic acids is 2. The van der Waals surface area contributed by atoms with E-state index < -0.39 is 12.0 Å². The highest BCUT2D eigenvalue weighted by Crippen LogP contribution is 2.54. The number of piperidine rings is 2. The summed E-state index contributed by atoms with van der Waals surface area (Å²) < 4.78 is 8.06. The van der Waals surface area contributed by atoms with Crippen molar-refractivity contribution in [3.05, 3.63) is 107 Å². The Kier molecular flexibility index (Phi) is 13.5. The Balaban J connectivity index is 0.671. The van der Waals surface area contributed by atoms with E-state index in [1.807, 2.05) is 57.7 Å². The molecule has 4 N–H and O–H groups in total. The SMILES string of the molecule is Cc1ncsc1-c1ccc(C(C)NC(=O)C2CCCN2C(=O)C(c2cc(N3CCC(CN4CCC5(CC4)CC(n4cc(C#Cc6cc(-c7ccccc7O)nnc6N)cn4)C5)CC3)no2)C(C)C)cc1. The zero-order chi connectivity index (χ0) is 48.5. The van der Waals surface area contributed by atoms with Crippen molar-refractivity contribution in [1.82, 2.24) is 45.2 Å². The first-order chi connectivity index (χ1) is 33.9. The number of rotatable bonds is 12. The Morgan fingerprint density at radius 2 is 1.74 bits per heavy atom. The Bertz CT molecular complexity index is 2870. The molecule has 6 aromatic rings. The zero-order valence-corrected chi connectivity index (χ0v) is 41.4. The maximum Gasteiger partial charge on any atom is 0.243 e. The van der Waals surface area contributed by atoms with Crippen LogP contribution in [0.5, 0.6) is 5.75 Å². The van der Waals surface area contributed by atoms with Gasteiger partial charge in [-0.3, -0.25) is 14.3 Å². The molecule has 1 spiro atoms. The number of anilines is 2. The Hall–Kier alpha value is -6.57. The number of aryl methyl sites for hydroxylation is 1. The van der Waals surface area contributed by atoms with Gasteiger partial charge in [-0.25, -0.2) is 4.98 Å². The second kappa shape index (κ2) is 20.0. The Morgan fingerprint density at radius 3 is 2.47 bits per heavy atom. The van der Waals surface area contributed by atoms with Crippen molar-refractivity contribution in [2.45, 2.75) is 103 Å². The molecule has 4 aromatic heterocycles. The summed E-state index contributed by atoms with van der Waals surface area (Å²) in [6, 6.07) is 18.6. The zero-order valence-electron chi connectivity index (χ0n) is 40.6. The number of nitrogens with one attached hydrogen (secondary N) is 1. The van der Waals surface area contributed by atoms with E-state index in [0.29, 0.717) is 52.9 Å². The maximum absolute atomic E-state index is 14.3. The quantitative estimate of drug-likeness (QED) is 0.0998. The summed E-state index contributed by atoms with van der Waals surface area (Å²) in [6.07, 6.45) is 12.1. The molecule has 70 heavy (non-hydrogen) atoms. The number of benzene rings is 2. The first kappa shape index (κ1) is 47.1. The van der Waals surface area contributed by atoms with Crippen LogP contribution in [0.3, 0.4) is 0 Å². The molecule has 1 aliphatic carbocycles. The number of para-hydroxylation sites is 1. The lowest BCUT2D eigenvalue weighted by Crippen LogP contribution is -2.49. The summed E-state index contributed by atoms with van der Waals surface area (Å²) >= 11 is 1.62. The lowest BCUT2D eigenvalue weighted by Gasteiger charge is -2.52. The van der Waals surface area contributed by atoms with E-state index in [1.165, 1.54) is 12.8 Å². The van der Waals surface area contributed by atoms with Gasteiger partial charge < -0.3 is 35.4 Å². The number of hydrogen-bond acceptors (Lipinski definition) is 13. The van der Waals surface area contributed by atoms with Crippen LogP contribution >= 0.6 is 11.3 Å². The topological polar surface area (TPSA) is 185 Å². The molecule has 1 saturated carbocycles. The van der Waals surface area contributed by atoms with Gasteiger partial charge in [0.05, 0.1) is 51.2 Å². The first-order valence-electron chi connectivity index (χ1n) is 24.9. The molecular formula is C54H63N11O4S. The third-order valence-electron chi connectivity index (χ3n) is 15.4. The number of nitrogen functional groups attached to an aromatic ring is 1. The predicted molar refractivity (Wildman–Crippen MR) is 271 cm³/mol. The van der Waals surface area contributed by atoms with Crippen LogP contribution in [0.25, 0.3) is 21.7 Å². The van der Waals surface area contributed by atoms with E-state index in [0.717, 1.165) is 97.9 Å². The van der Waals surface area contributed by atoms with Crippen LogP contribution < -0.4 is 16.0 Å². The monoisotopic (exact) mass is 961 g/mol. The van der Waals surface area contributed by atoms with E-state index >= 15 is 0 Å². The summed E-state index contributed by atoms with van der Waals surface area (Å²) in [5.74, 6) is 7.93. The highest BCUT2D eigenvalue weighted by molar-refractivity contribution is 7.13. The third kappa shape index (κ3) is 9.91. The lowest BCUT2D eigenvalue weighted by molar-refractivity contribution is -0.141. The number of hydrogen-bond donors (Lipinski definition) is 3. The number of thiazole rings is 1. The average Bonchev–Trinajstić information content (AvgIpc) is 4.20. The van der Waals surface area contributed by atoms with Crippen molar-refractivity contribution < 1.29 is 19.2 Å². The highest BCUT2D eigenvalue weighted by Gasteiger charge is 2.47. The number of nitrogens with two attached hydrogens (primary N) is 1. The van der Waals surface area contributed by atoms with Gasteiger partial charge in [-0.15, -0.1) is 21.5 Å². The minimum Gasteiger partial charge on any atom is -0.507 e. The van der Waals surface area contributed by atoms with E-state index in [9.17, 15) is 14.7 Å². The normalized spacial score (nSPS) is 19.5. The average molecular weight is 962 g/mol. The van der Waals surface area contributed by atoms with Crippen LogP contribution in [0.4, 0.5) is 11.6 Å². The maximum atomic E-state index is 14.3. The van der Waals surface area contributed by atoms with Gasteiger partial charge in [0.25, 0.3) is 0 Å². The van der Waals surface area contributed by atoms with E-state index in [1.54, 1.807) is 40.5 Å². The summed E-state index contributed by atoms with van der Waals surface area (Å²) in [7, 11) is 0. The highest BCUT2D eigenvalue weighted by atomic mass is 32.1. The van der Waals surface area contributed by atoms with Crippen molar-refractivity contribution in [2.75, 3.05) is 49.9 Å². The number of carbonyl (C=O) groups is 2. The van der Waals surface area contributed by atoms with E-state index in [2.05, 4.69) is 81.3 Å². The molecule has 364 valence electrons. The van der Waals surface area contributed by atoms with Crippen LogP contribution in [0.2, 0.25) is 0 Å². The number of phenolic OH excluding ortho intramolecular Hbond substituents is 1. The van der Waals surface area contributed by atoms with Crippen LogP contribution in [-0.4, -0.2) is 102 Å². The standard InChI is InChI=1S/C54H63N11O4S/c1-34(2)49(53(68)64-21-7-9-45(64)52(67)58-35(3)39-13-15-40(16-14-39)50-36(4)56-33-70-50)47-27-48(61-69-47)63-22-17-37(18-23-63)31-62-24-19-54(20-25-62)28-42(29-54)65-32-38(30-57-65)11-12-41-26-44(59-60-51(41)55)43-8-5-6-10-46(43)66/h5-6,8,10,13-16,26-27,30,32-35,37,42,45,49,66H,7,9,17-25,28-29,31H2,1-4H3,(H2,55,60)(H,58,67). The van der Waals surface area contributed by atoms with Crippen LogP contribution in [-0.2, 0) is 9.59 Å². The van der Waals surface area contributed by atoms with Gasteiger partial charge in [0, 0.05) is 44.0 Å². The minimum absolute atomic E-state index is 0.0355. The summed E-state index contributed by atoms with van der Waals surface area (Å²) in [5.41, 5.74) is 14.0. The largest absolute Gasteiger partial charge is 0.507 e. The first-order valence-corrected chi connectivity index (χ1v) is 25.8. The lowest BCUT2D eigenvalue weighted by atomic mass is 9.60. The summed E-state index contributed by atoms with van der Waals surface area (Å²) in [5, 5.41) is 30.9. The van der Waals surface area contributed by atoms with Crippen molar-refractivity contribution in [3.8, 4) is 39.3 Å². The molecule has 0 radical (unpaired) electrons. The second-order valence-corrected chi connectivity index (χ2v) is 21.3. The number of aromatic nitrogens is 6. The molecule has 16 heteroatoms. The number of amides is 2. The molecule has 3 saturated heterocycles. The van der Waals surface area contributed by atoms with E-state index in [4.69, 9.17) is 10.3 Å². The van der Waals surface area contributed by atoms with Gasteiger partial charge in [-0.2, -0.15) is 5.10 Å². The molecule has 4 aliphatic rings. The molecule has 3 atom stereocenters. The molecule has 15 nitrogen and oxygen atoms in total. The summed E-state index contributed by atoms with van der Waals surface area (Å²) in [4.78, 5) is 40.4. The third-order valence-corrected chi connectivity index (χ3v) is 16.4. The van der Waals surface area contributed by atoms with Crippen molar-refractivity contribution in [3.63, 3.8) is 0 Å². The fraction of sp³-hybridized carbons (Fsp3) is 0.463. The molecule has 2 amide bonds. The van der Waals surface area contributed by atoms with Crippen molar-refractivity contribution in [2.24, 2.45) is 17.3 Å². The Labute approximate surface area is 413 Å². The Morgan fingerprint density at radius 1 is 0.971 bits per heavy atom. The summed E-state index contributed by atoms with van der Waals surface area (Å²) in [6.45, 7) is 13.8. The van der Waals surface area contributed by atoms with Gasteiger partial charge in [0.15, 0.2) is 17.4 Å². The molecule has 10 rings (SSSR count). The van der Waals surface area contributed by atoms with Crippen LogP contribution in [0.1, 0.15) is 118 Å². The van der Waals surface area contributed by atoms with Gasteiger partial charge in [-0.05, 0) is 125 Å². The number of nitrogens with zero attached hydrogens (tertiary/aromatic N) is 9. The second-order valence-electron chi connectivity index (χ2n) is 20.4. The molecular weight excluding hydrogens is 899 g/mol. The van der Waals surface area contributed by atoms with Crippen LogP contribution in [0.15, 0.2) is 83.1 Å². The van der Waals surface area contributed by atoms with Crippen LogP contribution in [0, 0.1) is 36.0 Å². The molecule has 2 aromatic carbocycles. The van der Waals surface area contributed by atoms with Gasteiger partial charge >= 0.3 is 0 Å². The smallest absolute Gasteiger partial charge is 0.243 e. The fourth-order valence-corrected chi connectivity index (χ4v) is 12.0. The van der Waals surface area contributed by atoms with E-state index in [-0.39, 0.29) is 35.3 Å². The minimum atomic E-state index is -0.527. The number of aromatic hydroxyl groups is 1. The number of likely N-dealkylation sites (tertiary alicyclic amines) is 2. The molecule has 7 heterocycles. The molecule has 0 bridgehead atoms. The van der Waals surface area contributed by atoms with Crippen molar-refractivity contribution >= 4 is 34.8 Å². The fourth-order valence-electron chi connectivity index (χ4n) is 11.2. The van der Waals surface area contributed by atoms with Crippen molar-refractivity contribution in [1.29, 1.82) is 0 Å². The van der Waals surface area contributed by atoms with Gasteiger partial charge in [0.2, 0.25) is 11.8 Å². The molecule has 3 unspecified atom stereocenters. The molecule has 4 fully saturated rings. The van der Waals surface area contributed by atoms with Gasteiger partial charge in [0.1, 0.15) is 17.7 Å². The number of phenols is 1. The molecule has 3 aliphatic heterocycles.